The second kappa shape index (κ2) is 5.66. The lowest BCUT2D eigenvalue weighted by molar-refractivity contribution is -0.117. The molecule has 0 radical (unpaired) electrons. The van der Waals surface area contributed by atoms with Crippen molar-refractivity contribution in [3.8, 4) is 0 Å². The summed E-state index contributed by atoms with van der Waals surface area (Å²) in [5.41, 5.74) is 2.19. The standard InChI is InChI=1S/C14H18N2O3S/c1-3-9-20(18,19)15-12-7-6-11(2)13(10-12)16-8-4-5-14(16)17/h3,6-7,10,15H,1,4-5,8-9H2,2H3. The summed E-state index contributed by atoms with van der Waals surface area (Å²) in [6.45, 7) is 6.01. The number of hydrogen-bond donors (Lipinski definition) is 1. The van der Waals surface area contributed by atoms with Gasteiger partial charge in [0.2, 0.25) is 15.9 Å². The fourth-order valence-electron chi connectivity index (χ4n) is 2.24. The van der Waals surface area contributed by atoms with Gasteiger partial charge in [0, 0.05) is 18.7 Å². The van der Waals surface area contributed by atoms with Crippen molar-refractivity contribution < 1.29 is 13.2 Å². The Bertz CT molecular complexity index is 638. The van der Waals surface area contributed by atoms with Crippen LogP contribution in [-0.2, 0) is 14.8 Å². The lowest BCUT2D eigenvalue weighted by Gasteiger charge is -2.19. The molecule has 1 aromatic rings. The number of carbonyl (C=O) groups is 1. The van der Waals surface area contributed by atoms with E-state index in [0.717, 1.165) is 17.7 Å². The van der Waals surface area contributed by atoms with Crippen LogP contribution in [0, 0.1) is 6.92 Å². The van der Waals surface area contributed by atoms with E-state index in [1.54, 1.807) is 17.0 Å². The maximum atomic E-state index is 11.8. The van der Waals surface area contributed by atoms with Crippen molar-refractivity contribution in [3.63, 3.8) is 0 Å². The average Bonchev–Trinajstić information content (AvgIpc) is 2.77. The van der Waals surface area contributed by atoms with Gasteiger partial charge in [0.15, 0.2) is 0 Å². The van der Waals surface area contributed by atoms with Crippen LogP contribution in [0.1, 0.15) is 18.4 Å². The normalized spacial score (nSPS) is 15.4. The summed E-state index contributed by atoms with van der Waals surface area (Å²) in [5, 5.41) is 0. The Balaban J connectivity index is 2.29. The minimum atomic E-state index is -3.42. The molecule has 1 N–H and O–H groups in total. The number of amides is 1. The van der Waals surface area contributed by atoms with Crippen LogP contribution < -0.4 is 9.62 Å². The SMILES string of the molecule is C=CCS(=O)(=O)Nc1ccc(C)c(N2CCCC2=O)c1. The number of nitrogens with one attached hydrogen (secondary N) is 1. The number of benzene rings is 1. The molecule has 0 aromatic heterocycles. The lowest BCUT2D eigenvalue weighted by atomic mass is 10.1. The molecule has 0 saturated carbocycles. The molecule has 108 valence electrons. The molecule has 1 aromatic carbocycles. The highest BCUT2D eigenvalue weighted by Gasteiger charge is 2.23. The van der Waals surface area contributed by atoms with Crippen LogP contribution in [0.2, 0.25) is 0 Å². The van der Waals surface area contributed by atoms with Crippen LogP contribution in [0.25, 0.3) is 0 Å². The highest BCUT2D eigenvalue weighted by atomic mass is 32.2. The number of aryl methyl sites for hydroxylation is 1. The van der Waals surface area contributed by atoms with Crippen LogP contribution in [0.3, 0.4) is 0 Å². The molecule has 2 rings (SSSR count). The van der Waals surface area contributed by atoms with Gasteiger partial charge in [-0.25, -0.2) is 8.42 Å². The molecule has 1 amide bonds. The molecule has 5 nitrogen and oxygen atoms in total. The maximum Gasteiger partial charge on any atom is 0.236 e. The van der Waals surface area contributed by atoms with Crippen molar-refractivity contribution in [1.29, 1.82) is 0 Å². The Hall–Kier alpha value is -1.82. The van der Waals surface area contributed by atoms with Gasteiger partial charge in [0.1, 0.15) is 0 Å². The molecule has 0 spiro atoms. The summed E-state index contributed by atoms with van der Waals surface area (Å²) in [6.07, 6.45) is 2.72. The number of sulfonamides is 1. The van der Waals surface area contributed by atoms with Crippen molar-refractivity contribution in [2.24, 2.45) is 0 Å². The third-order valence-electron chi connectivity index (χ3n) is 3.18. The van der Waals surface area contributed by atoms with E-state index in [9.17, 15) is 13.2 Å². The van der Waals surface area contributed by atoms with E-state index in [2.05, 4.69) is 11.3 Å². The Labute approximate surface area is 119 Å². The molecular weight excluding hydrogens is 276 g/mol. The van der Waals surface area contributed by atoms with Gasteiger partial charge >= 0.3 is 0 Å². The fraction of sp³-hybridized carbons (Fsp3) is 0.357. The monoisotopic (exact) mass is 294 g/mol. The van der Waals surface area contributed by atoms with Gasteiger partial charge in [-0.2, -0.15) is 0 Å². The molecular formula is C14H18N2O3S. The van der Waals surface area contributed by atoms with Crippen molar-refractivity contribution in [3.05, 3.63) is 36.4 Å². The quantitative estimate of drug-likeness (QED) is 0.845. The van der Waals surface area contributed by atoms with E-state index in [4.69, 9.17) is 0 Å². The predicted octanol–water partition coefficient (Wildman–Crippen LogP) is 2.05. The van der Waals surface area contributed by atoms with Crippen molar-refractivity contribution in [2.75, 3.05) is 21.9 Å². The molecule has 1 saturated heterocycles. The third kappa shape index (κ3) is 3.19. The van der Waals surface area contributed by atoms with E-state index in [1.165, 1.54) is 6.08 Å². The smallest absolute Gasteiger partial charge is 0.236 e. The molecule has 1 aliphatic heterocycles. The molecule has 1 heterocycles. The first-order valence-corrected chi connectivity index (χ1v) is 8.10. The first-order valence-electron chi connectivity index (χ1n) is 6.45. The molecule has 0 aliphatic carbocycles. The van der Waals surface area contributed by atoms with E-state index in [1.807, 2.05) is 13.0 Å². The van der Waals surface area contributed by atoms with E-state index < -0.39 is 10.0 Å². The first-order chi connectivity index (χ1) is 9.43. The summed E-state index contributed by atoms with van der Waals surface area (Å²) in [6, 6.07) is 5.21. The van der Waals surface area contributed by atoms with Crippen molar-refractivity contribution in [1.82, 2.24) is 0 Å². The number of hydrogen-bond acceptors (Lipinski definition) is 3. The van der Waals surface area contributed by atoms with Gasteiger partial charge in [-0.05, 0) is 31.0 Å². The molecule has 0 bridgehead atoms. The summed E-state index contributed by atoms with van der Waals surface area (Å²) in [5.74, 6) is -0.0574. The second-order valence-corrected chi connectivity index (χ2v) is 6.59. The van der Waals surface area contributed by atoms with Crippen LogP contribution in [0.15, 0.2) is 30.9 Å². The molecule has 1 aliphatic rings. The molecule has 0 atom stereocenters. The van der Waals surface area contributed by atoms with Gasteiger partial charge in [-0.3, -0.25) is 9.52 Å². The Morgan fingerprint density at radius 1 is 1.45 bits per heavy atom. The minimum Gasteiger partial charge on any atom is -0.312 e. The third-order valence-corrected chi connectivity index (χ3v) is 4.41. The fourth-order valence-corrected chi connectivity index (χ4v) is 3.12. The van der Waals surface area contributed by atoms with E-state index >= 15 is 0 Å². The van der Waals surface area contributed by atoms with E-state index in [-0.39, 0.29) is 11.7 Å². The Kier molecular flexibility index (Phi) is 4.13. The molecule has 20 heavy (non-hydrogen) atoms. The summed E-state index contributed by atoms with van der Waals surface area (Å²) < 4.78 is 25.9. The van der Waals surface area contributed by atoms with Gasteiger partial charge < -0.3 is 4.90 Å². The van der Waals surface area contributed by atoms with Crippen LogP contribution >= 0.6 is 0 Å². The molecule has 6 heteroatoms. The number of rotatable bonds is 5. The largest absolute Gasteiger partial charge is 0.312 e. The topological polar surface area (TPSA) is 66.5 Å². The van der Waals surface area contributed by atoms with E-state index in [0.29, 0.717) is 18.7 Å². The number of carbonyl (C=O) groups excluding carboxylic acids is 1. The summed E-state index contributed by atoms with van der Waals surface area (Å²) >= 11 is 0. The summed E-state index contributed by atoms with van der Waals surface area (Å²) in [4.78, 5) is 13.5. The van der Waals surface area contributed by atoms with Gasteiger partial charge in [-0.15, -0.1) is 6.58 Å². The van der Waals surface area contributed by atoms with Crippen molar-refractivity contribution >= 4 is 27.3 Å². The predicted molar refractivity (Wildman–Crippen MR) is 80.4 cm³/mol. The number of anilines is 2. The second-order valence-electron chi connectivity index (χ2n) is 4.82. The van der Waals surface area contributed by atoms with Crippen LogP contribution in [0.5, 0.6) is 0 Å². The highest BCUT2D eigenvalue weighted by Crippen LogP contribution is 2.28. The van der Waals surface area contributed by atoms with Crippen LogP contribution in [0.4, 0.5) is 11.4 Å². The number of nitrogens with zero attached hydrogens (tertiary/aromatic N) is 1. The van der Waals surface area contributed by atoms with Gasteiger partial charge in [0.05, 0.1) is 11.4 Å². The molecule has 0 unspecified atom stereocenters. The van der Waals surface area contributed by atoms with Gasteiger partial charge in [-0.1, -0.05) is 12.1 Å². The highest BCUT2D eigenvalue weighted by molar-refractivity contribution is 7.92. The zero-order chi connectivity index (χ0) is 14.8. The zero-order valence-corrected chi connectivity index (χ0v) is 12.2. The van der Waals surface area contributed by atoms with Crippen LogP contribution in [-0.4, -0.2) is 26.6 Å². The van der Waals surface area contributed by atoms with Crippen molar-refractivity contribution in [2.45, 2.75) is 19.8 Å². The minimum absolute atomic E-state index is 0.0826. The Morgan fingerprint density at radius 2 is 2.20 bits per heavy atom. The van der Waals surface area contributed by atoms with Gasteiger partial charge in [0.25, 0.3) is 0 Å². The summed E-state index contributed by atoms with van der Waals surface area (Å²) in [7, 11) is -3.42. The Morgan fingerprint density at radius 3 is 2.80 bits per heavy atom. The zero-order valence-electron chi connectivity index (χ0n) is 11.4. The first kappa shape index (κ1) is 14.6. The molecule has 1 fully saturated rings. The lowest BCUT2D eigenvalue weighted by Crippen LogP contribution is -2.25. The maximum absolute atomic E-state index is 11.8. The average molecular weight is 294 g/mol.